The number of hydrogen-bond donors (Lipinski definition) is 2. The van der Waals surface area contributed by atoms with Gasteiger partial charge in [0.05, 0.1) is 0 Å². The number of carbonyl (C=O) groups excluding carboxylic acids is 1. The molecule has 8 nitrogen and oxygen atoms in total. The molecular formula is C24H35ClN6O2. The first-order valence-corrected chi connectivity index (χ1v) is 12.3. The van der Waals surface area contributed by atoms with Gasteiger partial charge < -0.3 is 15.0 Å². The molecule has 0 aliphatic carbocycles. The van der Waals surface area contributed by atoms with Crippen LogP contribution in [0.15, 0.2) is 30.3 Å². The number of carbonyl (C=O) groups is 1. The highest BCUT2D eigenvalue weighted by molar-refractivity contribution is 6.30. The zero-order chi connectivity index (χ0) is 23.5. The number of nitrogens with one attached hydrogen (secondary N) is 2. The van der Waals surface area contributed by atoms with Crippen LogP contribution in [0, 0.1) is 0 Å². The molecule has 0 radical (unpaired) electrons. The van der Waals surface area contributed by atoms with Crippen LogP contribution in [-0.4, -0.2) is 60.2 Å². The number of amides is 2. The second-order valence-corrected chi connectivity index (χ2v) is 8.65. The van der Waals surface area contributed by atoms with Gasteiger partial charge in [0.1, 0.15) is 12.4 Å². The van der Waals surface area contributed by atoms with E-state index in [-0.39, 0.29) is 6.03 Å². The maximum absolute atomic E-state index is 12.5. The predicted octanol–water partition coefficient (Wildman–Crippen LogP) is 5.27. The van der Waals surface area contributed by atoms with E-state index < -0.39 is 0 Å². The molecule has 0 spiro atoms. The number of urea groups is 1. The molecule has 180 valence electrons. The van der Waals surface area contributed by atoms with Crippen LogP contribution >= 0.6 is 11.6 Å². The second kappa shape index (κ2) is 13.2. The van der Waals surface area contributed by atoms with Gasteiger partial charge in [0.2, 0.25) is 11.8 Å². The van der Waals surface area contributed by atoms with Gasteiger partial charge in [-0.15, -0.1) is 0 Å². The third-order valence-electron chi connectivity index (χ3n) is 5.41. The first-order valence-electron chi connectivity index (χ1n) is 11.9. The molecule has 2 aromatic rings. The Labute approximate surface area is 201 Å². The van der Waals surface area contributed by atoms with Crippen molar-refractivity contribution in [2.75, 3.05) is 54.9 Å². The van der Waals surface area contributed by atoms with Crippen LogP contribution in [0.4, 0.5) is 22.2 Å². The van der Waals surface area contributed by atoms with Crippen molar-refractivity contribution in [3.63, 3.8) is 0 Å². The first-order chi connectivity index (χ1) is 16.1. The summed E-state index contributed by atoms with van der Waals surface area (Å²) in [6.45, 7) is 9.66. The van der Waals surface area contributed by atoms with Gasteiger partial charge in [-0.3, -0.25) is 10.2 Å². The number of ether oxygens (including phenoxy) is 1. The van der Waals surface area contributed by atoms with Crippen LogP contribution < -0.4 is 20.3 Å². The molecule has 33 heavy (non-hydrogen) atoms. The molecule has 0 unspecified atom stereocenters. The van der Waals surface area contributed by atoms with Crippen molar-refractivity contribution in [2.24, 2.45) is 0 Å². The zero-order valence-corrected chi connectivity index (χ0v) is 20.4. The molecule has 1 aliphatic rings. The topological polar surface area (TPSA) is 82.6 Å². The number of rotatable bonds is 11. The van der Waals surface area contributed by atoms with Gasteiger partial charge in [0, 0.05) is 36.4 Å². The van der Waals surface area contributed by atoms with Crippen LogP contribution in [0.2, 0.25) is 5.02 Å². The molecule has 1 saturated heterocycles. The maximum atomic E-state index is 12.5. The summed E-state index contributed by atoms with van der Waals surface area (Å²) in [5.74, 6) is 1.47. The molecule has 9 heteroatoms. The maximum Gasteiger partial charge on any atom is 0.324 e. The molecule has 2 N–H and O–H groups in total. The van der Waals surface area contributed by atoms with E-state index in [0.29, 0.717) is 35.0 Å². The number of nitrogens with zero attached hydrogens (tertiary/aromatic N) is 4. The SMILES string of the molecule is CCCN(CCC)CCOc1cc(NC(=O)Nc2ccc(Cl)cc2)nc(N2CCCCC2)n1. The summed E-state index contributed by atoms with van der Waals surface area (Å²) < 4.78 is 6.01. The summed E-state index contributed by atoms with van der Waals surface area (Å²) in [5.41, 5.74) is 0.644. The van der Waals surface area contributed by atoms with Gasteiger partial charge in [0.15, 0.2) is 0 Å². The zero-order valence-electron chi connectivity index (χ0n) is 19.6. The largest absolute Gasteiger partial charge is 0.476 e. The molecule has 3 rings (SSSR count). The van der Waals surface area contributed by atoms with Crippen LogP contribution in [0.25, 0.3) is 0 Å². The van der Waals surface area contributed by atoms with Crippen molar-refractivity contribution in [1.82, 2.24) is 14.9 Å². The summed E-state index contributed by atoms with van der Waals surface area (Å²) in [7, 11) is 0. The summed E-state index contributed by atoms with van der Waals surface area (Å²) in [6.07, 6.45) is 5.66. The van der Waals surface area contributed by atoms with Crippen LogP contribution in [0.5, 0.6) is 5.88 Å². The lowest BCUT2D eigenvalue weighted by Crippen LogP contribution is -2.32. The lowest BCUT2D eigenvalue weighted by atomic mass is 10.1. The third-order valence-corrected chi connectivity index (χ3v) is 5.66. The number of halogens is 1. The third kappa shape index (κ3) is 8.37. The van der Waals surface area contributed by atoms with Crippen molar-refractivity contribution in [1.29, 1.82) is 0 Å². The number of benzene rings is 1. The molecular weight excluding hydrogens is 440 g/mol. The summed E-state index contributed by atoms with van der Waals surface area (Å²) >= 11 is 5.92. The lowest BCUT2D eigenvalue weighted by molar-refractivity contribution is 0.205. The van der Waals surface area contributed by atoms with Crippen molar-refractivity contribution in [3.8, 4) is 5.88 Å². The van der Waals surface area contributed by atoms with Crippen LogP contribution in [0.1, 0.15) is 46.0 Å². The molecule has 1 aliphatic heterocycles. The Morgan fingerprint density at radius 3 is 2.39 bits per heavy atom. The number of aromatic nitrogens is 2. The van der Waals surface area contributed by atoms with Gasteiger partial charge in [-0.2, -0.15) is 9.97 Å². The van der Waals surface area contributed by atoms with E-state index in [0.717, 1.165) is 58.4 Å². The van der Waals surface area contributed by atoms with Crippen molar-refractivity contribution >= 4 is 35.1 Å². The van der Waals surface area contributed by atoms with E-state index in [1.165, 1.54) is 6.42 Å². The van der Waals surface area contributed by atoms with E-state index in [1.807, 2.05) is 0 Å². The molecule has 1 fully saturated rings. The Morgan fingerprint density at radius 1 is 1.03 bits per heavy atom. The Morgan fingerprint density at radius 2 is 1.73 bits per heavy atom. The van der Waals surface area contributed by atoms with Crippen molar-refractivity contribution < 1.29 is 9.53 Å². The highest BCUT2D eigenvalue weighted by Gasteiger charge is 2.17. The fraction of sp³-hybridized carbons (Fsp3) is 0.542. The van der Waals surface area contributed by atoms with E-state index >= 15 is 0 Å². The molecule has 2 heterocycles. The quantitative estimate of drug-likeness (QED) is 0.462. The lowest BCUT2D eigenvalue weighted by Gasteiger charge is -2.27. The molecule has 0 bridgehead atoms. The monoisotopic (exact) mass is 474 g/mol. The number of hydrogen-bond acceptors (Lipinski definition) is 6. The minimum Gasteiger partial charge on any atom is -0.476 e. The Hall–Kier alpha value is -2.58. The fourth-order valence-corrected chi connectivity index (χ4v) is 3.97. The van der Waals surface area contributed by atoms with Gasteiger partial charge in [-0.25, -0.2) is 4.79 Å². The van der Waals surface area contributed by atoms with Gasteiger partial charge in [-0.1, -0.05) is 25.4 Å². The highest BCUT2D eigenvalue weighted by atomic mass is 35.5. The van der Waals surface area contributed by atoms with E-state index in [1.54, 1.807) is 30.3 Å². The average molecular weight is 475 g/mol. The van der Waals surface area contributed by atoms with E-state index in [9.17, 15) is 4.79 Å². The van der Waals surface area contributed by atoms with Crippen molar-refractivity contribution in [3.05, 3.63) is 35.4 Å². The number of piperidine rings is 1. The normalized spacial score (nSPS) is 13.8. The molecule has 0 saturated carbocycles. The van der Waals surface area contributed by atoms with Gasteiger partial charge in [-0.05, 0) is 69.5 Å². The molecule has 1 aromatic heterocycles. The summed E-state index contributed by atoms with van der Waals surface area (Å²) in [6, 6.07) is 8.23. The Bertz CT molecular complexity index is 868. The summed E-state index contributed by atoms with van der Waals surface area (Å²) in [4.78, 5) is 26.3. The number of anilines is 3. The van der Waals surface area contributed by atoms with Crippen LogP contribution in [0.3, 0.4) is 0 Å². The van der Waals surface area contributed by atoms with Gasteiger partial charge in [0.25, 0.3) is 0 Å². The predicted molar refractivity (Wildman–Crippen MR) is 135 cm³/mol. The molecule has 0 atom stereocenters. The standard InChI is InChI=1S/C24H35ClN6O2/c1-3-12-30(13-4-2)16-17-33-22-18-21(27-23(29-22)31-14-6-5-7-15-31)28-24(32)26-20-10-8-19(25)9-11-20/h8-11,18H,3-7,12-17H2,1-2H3,(H2,26,27,28,29,32). The summed E-state index contributed by atoms with van der Waals surface area (Å²) in [5, 5.41) is 6.22. The van der Waals surface area contributed by atoms with Crippen molar-refractivity contribution in [2.45, 2.75) is 46.0 Å². The average Bonchev–Trinajstić information content (AvgIpc) is 2.81. The Balaban J connectivity index is 1.68. The smallest absolute Gasteiger partial charge is 0.324 e. The molecule has 2 amide bonds. The van der Waals surface area contributed by atoms with Crippen LogP contribution in [-0.2, 0) is 0 Å². The second-order valence-electron chi connectivity index (χ2n) is 8.22. The highest BCUT2D eigenvalue weighted by Crippen LogP contribution is 2.22. The molecule has 1 aromatic carbocycles. The van der Waals surface area contributed by atoms with Gasteiger partial charge >= 0.3 is 6.03 Å². The first kappa shape index (κ1) is 25.1. The minimum absolute atomic E-state index is 0.386. The Kier molecular flexibility index (Phi) is 10.0. The fourth-order valence-electron chi connectivity index (χ4n) is 3.85. The van der Waals surface area contributed by atoms with E-state index in [4.69, 9.17) is 16.3 Å². The van der Waals surface area contributed by atoms with E-state index in [2.05, 4.69) is 44.2 Å². The minimum atomic E-state index is -0.386.